The number of piperidine rings is 2. The minimum atomic E-state index is -0.173. The number of aliphatic hydroxyl groups excluding tert-OH is 1. The molecule has 3 atom stereocenters. The van der Waals surface area contributed by atoms with Crippen LogP contribution in [0.25, 0.3) is 11.3 Å². The molecule has 3 aromatic rings. The lowest BCUT2D eigenvalue weighted by Gasteiger charge is -2.38. The van der Waals surface area contributed by atoms with E-state index in [1.807, 2.05) is 18.2 Å². The van der Waals surface area contributed by atoms with Crippen LogP contribution in [0.2, 0.25) is 20.3 Å². The number of Topliss-reactive ketones (excluding diaryl/α,β-unsaturated/α-hetero) is 1. The summed E-state index contributed by atoms with van der Waals surface area (Å²) in [6.07, 6.45) is 5.18. The first kappa shape index (κ1) is 28.9. The van der Waals surface area contributed by atoms with Crippen LogP contribution in [-0.2, 0) is 7.05 Å². The number of aryl methyl sites for hydroxylation is 1. The quantitative estimate of drug-likeness (QED) is 0.283. The van der Waals surface area contributed by atoms with Gasteiger partial charge in [0.1, 0.15) is 0 Å². The molecule has 0 aliphatic carbocycles. The van der Waals surface area contributed by atoms with Gasteiger partial charge >= 0.3 is 0 Å². The van der Waals surface area contributed by atoms with E-state index in [4.69, 9.17) is 50.8 Å². The van der Waals surface area contributed by atoms with Crippen LogP contribution < -0.4 is 5.32 Å². The van der Waals surface area contributed by atoms with Crippen LogP contribution in [0.15, 0.2) is 34.9 Å². The fraction of sp³-hybridized carbons (Fsp3) is 0.500. The molecule has 2 fully saturated rings. The smallest absolute Gasteiger partial charge is 0.203 e. The molecule has 1 aromatic carbocycles. The van der Waals surface area contributed by atoms with Crippen LogP contribution in [0.1, 0.15) is 54.1 Å². The molecule has 5 rings (SSSR count). The van der Waals surface area contributed by atoms with Crippen molar-refractivity contribution in [2.24, 2.45) is 13.0 Å². The molecule has 2 aliphatic heterocycles. The maximum Gasteiger partial charge on any atom is 0.203 e. The number of ketones is 1. The summed E-state index contributed by atoms with van der Waals surface area (Å²) in [5.74, 6) is 0.233. The minimum Gasteiger partial charge on any atom is -0.441 e. The molecule has 2 aliphatic rings. The highest BCUT2D eigenvalue weighted by Gasteiger charge is 2.34. The number of carbonyl (C=O) groups excluding carboxylic acids is 1. The lowest BCUT2D eigenvalue weighted by molar-refractivity contribution is 0.0785. The van der Waals surface area contributed by atoms with Crippen LogP contribution in [0.4, 0.5) is 0 Å². The van der Waals surface area contributed by atoms with Gasteiger partial charge in [-0.25, -0.2) is 0 Å². The summed E-state index contributed by atoms with van der Waals surface area (Å²) >= 11 is 25.3. The van der Waals surface area contributed by atoms with Crippen molar-refractivity contribution in [1.82, 2.24) is 20.0 Å². The minimum absolute atomic E-state index is 0.0312. The van der Waals surface area contributed by atoms with E-state index in [0.29, 0.717) is 38.9 Å². The van der Waals surface area contributed by atoms with Gasteiger partial charge in [-0.3, -0.25) is 9.48 Å². The van der Waals surface area contributed by atoms with E-state index < -0.39 is 0 Å². The van der Waals surface area contributed by atoms with Crippen molar-refractivity contribution in [2.75, 3.05) is 26.2 Å². The number of furan rings is 1. The predicted molar refractivity (Wildman–Crippen MR) is 155 cm³/mol. The van der Waals surface area contributed by atoms with E-state index >= 15 is 0 Å². The third-order valence-corrected chi connectivity index (χ3v) is 9.35. The maximum atomic E-state index is 13.4. The van der Waals surface area contributed by atoms with Crippen LogP contribution in [0.3, 0.4) is 0 Å². The van der Waals surface area contributed by atoms with Gasteiger partial charge in [0.15, 0.2) is 11.5 Å². The van der Waals surface area contributed by atoms with Crippen LogP contribution in [-0.4, -0.2) is 63.9 Å². The summed E-state index contributed by atoms with van der Waals surface area (Å²) in [6, 6.07) is 7.71. The monoisotopic (exact) mass is 612 g/mol. The van der Waals surface area contributed by atoms with Crippen molar-refractivity contribution in [1.29, 1.82) is 0 Å². The number of aromatic nitrogens is 2. The van der Waals surface area contributed by atoms with Gasteiger partial charge in [0.2, 0.25) is 5.22 Å². The second-order valence-corrected chi connectivity index (χ2v) is 12.2. The number of aliphatic hydroxyl groups is 1. The van der Waals surface area contributed by atoms with E-state index in [2.05, 4.69) is 15.3 Å². The van der Waals surface area contributed by atoms with Crippen molar-refractivity contribution < 1.29 is 14.3 Å². The Labute approximate surface area is 248 Å². The van der Waals surface area contributed by atoms with Gasteiger partial charge in [0, 0.05) is 32.6 Å². The number of carbonyl (C=O) groups is 1. The molecular formula is C28H32Cl4N4O3. The third kappa shape index (κ3) is 6.67. The number of rotatable bonds is 8. The van der Waals surface area contributed by atoms with Crippen molar-refractivity contribution in [3.63, 3.8) is 0 Å². The molecule has 2 aromatic heterocycles. The molecule has 1 unspecified atom stereocenters. The van der Waals surface area contributed by atoms with Gasteiger partial charge < -0.3 is 19.7 Å². The van der Waals surface area contributed by atoms with E-state index in [0.717, 1.165) is 50.9 Å². The number of nitrogens with one attached hydrogen (secondary N) is 1. The molecule has 2 saturated heterocycles. The zero-order valence-electron chi connectivity index (χ0n) is 21.7. The fourth-order valence-electron chi connectivity index (χ4n) is 5.83. The molecular weight excluding hydrogens is 582 g/mol. The Hall–Kier alpha value is -1.58. The normalized spacial score (nSPS) is 22.9. The Kier molecular flexibility index (Phi) is 9.28. The molecule has 39 heavy (non-hydrogen) atoms. The molecule has 210 valence electrons. The number of hydrogen-bond acceptors (Lipinski definition) is 6. The van der Waals surface area contributed by atoms with Gasteiger partial charge in [-0.2, -0.15) is 5.10 Å². The highest BCUT2D eigenvalue weighted by atomic mass is 35.5. The summed E-state index contributed by atoms with van der Waals surface area (Å²) in [5, 5.41) is 19.2. The predicted octanol–water partition coefficient (Wildman–Crippen LogP) is 6.48. The average molecular weight is 614 g/mol. The summed E-state index contributed by atoms with van der Waals surface area (Å²) in [7, 11) is 1.76. The molecule has 0 bridgehead atoms. The number of benzene rings is 1. The lowest BCUT2D eigenvalue weighted by Crippen LogP contribution is -2.46. The Bertz CT molecular complexity index is 1300. The van der Waals surface area contributed by atoms with Gasteiger partial charge in [-0.15, -0.1) is 0 Å². The molecule has 11 heteroatoms. The van der Waals surface area contributed by atoms with E-state index in [-0.39, 0.29) is 41.1 Å². The molecule has 7 nitrogen and oxygen atoms in total. The topological polar surface area (TPSA) is 83.5 Å². The van der Waals surface area contributed by atoms with E-state index in [1.165, 1.54) is 6.20 Å². The Morgan fingerprint density at radius 2 is 1.90 bits per heavy atom. The highest BCUT2D eigenvalue weighted by molar-refractivity contribution is 6.42. The number of hydrogen-bond donors (Lipinski definition) is 2. The van der Waals surface area contributed by atoms with Crippen LogP contribution >= 0.6 is 46.4 Å². The molecule has 0 amide bonds. The zero-order valence-corrected chi connectivity index (χ0v) is 24.7. The van der Waals surface area contributed by atoms with Crippen LogP contribution in [0.5, 0.6) is 0 Å². The largest absolute Gasteiger partial charge is 0.441 e. The first-order valence-corrected chi connectivity index (χ1v) is 14.8. The summed E-state index contributed by atoms with van der Waals surface area (Å²) in [6.45, 7) is 3.53. The Morgan fingerprint density at radius 1 is 1.13 bits per heavy atom. The number of likely N-dealkylation sites (tertiary alicyclic amines) is 1. The molecule has 0 radical (unpaired) electrons. The summed E-state index contributed by atoms with van der Waals surface area (Å²) in [4.78, 5) is 15.9. The SMILES string of the molecule is Cn1ncc(Cl)c1-c1cc(C(=O)C[C@@H]2CNC(CCN3CCC(O)CC3)C[C@H]2c2ccc(Cl)c(Cl)c2)oc1Cl. The van der Waals surface area contributed by atoms with Crippen molar-refractivity contribution in [2.45, 2.75) is 50.2 Å². The third-order valence-electron chi connectivity index (χ3n) is 8.06. The molecule has 0 spiro atoms. The fourth-order valence-corrected chi connectivity index (χ4v) is 6.63. The van der Waals surface area contributed by atoms with Gasteiger partial charge in [0.25, 0.3) is 0 Å². The second-order valence-electron chi connectivity index (χ2n) is 10.6. The second kappa shape index (κ2) is 12.5. The van der Waals surface area contributed by atoms with Crippen molar-refractivity contribution >= 4 is 52.2 Å². The highest BCUT2D eigenvalue weighted by Crippen LogP contribution is 2.40. The number of nitrogens with zero attached hydrogens (tertiary/aromatic N) is 3. The Morgan fingerprint density at radius 3 is 2.59 bits per heavy atom. The lowest BCUT2D eigenvalue weighted by atomic mass is 9.75. The first-order valence-electron chi connectivity index (χ1n) is 13.3. The van der Waals surface area contributed by atoms with E-state index in [1.54, 1.807) is 17.8 Å². The van der Waals surface area contributed by atoms with Crippen LogP contribution in [0, 0.1) is 5.92 Å². The van der Waals surface area contributed by atoms with Gasteiger partial charge in [-0.05, 0) is 86.0 Å². The molecule has 4 heterocycles. The molecule has 0 saturated carbocycles. The zero-order chi connectivity index (χ0) is 27.7. The van der Waals surface area contributed by atoms with Gasteiger partial charge in [-0.1, -0.05) is 40.9 Å². The first-order chi connectivity index (χ1) is 18.7. The maximum absolute atomic E-state index is 13.4. The molecule has 2 N–H and O–H groups in total. The van der Waals surface area contributed by atoms with Gasteiger partial charge in [0.05, 0.1) is 38.6 Å². The van der Waals surface area contributed by atoms with Crippen molar-refractivity contribution in [3.8, 4) is 11.3 Å². The Balaban J connectivity index is 1.31. The van der Waals surface area contributed by atoms with E-state index in [9.17, 15) is 9.90 Å². The average Bonchev–Trinajstić information content (AvgIpc) is 3.46. The standard InChI is InChI=1S/C28H32Cl4N4O3/c1-35-27(24(31)15-34-35)21-13-26(39-28(21)32)25(38)11-17-14-33-18(4-7-36-8-5-19(37)6-9-36)12-20(17)16-2-3-22(29)23(30)10-16/h2-3,10,13,15,17-20,33,37H,4-9,11-12,14H2,1H3/t17-,18?,20+/m1/s1. The summed E-state index contributed by atoms with van der Waals surface area (Å²) in [5.41, 5.74) is 2.22. The number of halogens is 4. The van der Waals surface area contributed by atoms with Crippen molar-refractivity contribution in [3.05, 3.63) is 62.1 Å². The summed E-state index contributed by atoms with van der Waals surface area (Å²) < 4.78 is 7.30.